The SMILES string of the molecule is CCOC(C)(C)CNC(=O)C(=O)O. The van der Waals surface area contributed by atoms with Gasteiger partial charge < -0.3 is 15.2 Å². The van der Waals surface area contributed by atoms with Gasteiger partial charge in [0.05, 0.1) is 5.60 Å². The highest BCUT2D eigenvalue weighted by molar-refractivity contribution is 6.31. The van der Waals surface area contributed by atoms with Crippen LogP contribution in [0.1, 0.15) is 20.8 Å². The van der Waals surface area contributed by atoms with Gasteiger partial charge in [0.1, 0.15) is 0 Å². The number of rotatable bonds is 4. The number of hydrogen-bond acceptors (Lipinski definition) is 3. The first-order chi connectivity index (χ1) is 5.89. The molecule has 0 spiro atoms. The number of amides is 1. The monoisotopic (exact) mass is 189 g/mol. The largest absolute Gasteiger partial charge is 0.474 e. The maximum atomic E-state index is 10.6. The summed E-state index contributed by atoms with van der Waals surface area (Å²) in [4.78, 5) is 20.7. The molecule has 0 saturated heterocycles. The van der Waals surface area contributed by atoms with Crippen molar-refractivity contribution in [2.75, 3.05) is 13.2 Å². The van der Waals surface area contributed by atoms with Crippen molar-refractivity contribution in [1.82, 2.24) is 5.32 Å². The second kappa shape index (κ2) is 4.81. The van der Waals surface area contributed by atoms with Crippen LogP contribution < -0.4 is 5.32 Å². The summed E-state index contributed by atoms with van der Waals surface area (Å²) in [6.07, 6.45) is 0. The van der Waals surface area contributed by atoms with Gasteiger partial charge in [-0.2, -0.15) is 0 Å². The Balaban J connectivity index is 3.87. The quantitative estimate of drug-likeness (QED) is 0.610. The second-order valence-electron chi connectivity index (χ2n) is 3.18. The highest BCUT2D eigenvalue weighted by Crippen LogP contribution is 2.06. The molecule has 0 radical (unpaired) electrons. The van der Waals surface area contributed by atoms with Crippen LogP contribution in [0.2, 0.25) is 0 Å². The lowest BCUT2D eigenvalue weighted by molar-refractivity contribution is -0.150. The predicted octanol–water partition coefficient (Wildman–Crippen LogP) is 0.00230. The zero-order chi connectivity index (χ0) is 10.5. The van der Waals surface area contributed by atoms with Gasteiger partial charge in [-0.3, -0.25) is 4.79 Å². The number of ether oxygens (including phenoxy) is 1. The average Bonchev–Trinajstić information content (AvgIpc) is 2.00. The molecule has 0 aliphatic rings. The van der Waals surface area contributed by atoms with Crippen molar-refractivity contribution in [3.8, 4) is 0 Å². The Morgan fingerprint density at radius 2 is 2.00 bits per heavy atom. The molecule has 0 heterocycles. The molecule has 76 valence electrons. The van der Waals surface area contributed by atoms with Gasteiger partial charge >= 0.3 is 11.9 Å². The highest BCUT2D eigenvalue weighted by Gasteiger charge is 2.20. The summed E-state index contributed by atoms with van der Waals surface area (Å²) in [5.41, 5.74) is -0.528. The number of carboxylic acids is 1. The van der Waals surface area contributed by atoms with Gasteiger partial charge in [-0.25, -0.2) is 4.79 Å². The summed E-state index contributed by atoms with van der Waals surface area (Å²) >= 11 is 0. The first-order valence-corrected chi connectivity index (χ1v) is 4.04. The number of carboxylic acid groups (broad SMARTS) is 1. The number of aliphatic carboxylic acids is 1. The van der Waals surface area contributed by atoms with Crippen LogP contribution in [-0.2, 0) is 14.3 Å². The summed E-state index contributed by atoms with van der Waals surface area (Å²) in [6.45, 7) is 6.10. The summed E-state index contributed by atoms with van der Waals surface area (Å²) in [5, 5.41) is 10.5. The molecule has 2 N–H and O–H groups in total. The molecule has 0 atom stereocenters. The zero-order valence-electron chi connectivity index (χ0n) is 8.09. The van der Waals surface area contributed by atoms with E-state index >= 15 is 0 Å². The van der Waals surface area contributed by atoms with E-state index < -0.39 is 17.5 Å². The molecule has 0 aromatic heterocycles. The van der Waals surface area contributed by atoms with Crippen molar-refractivity contribution < 1.29 is 19.4 Å². The van der Waals surface area contributed by atoms with Crippen LogP contribution in [-0.4, -0.2) is 35.7 Å². The second-order valence-corrected chi connectivity index (χ2v) is 3.18. The third-order valence-corrected chi connectivity index (χ3v) is 1.40. The molecule has 0 saturated carbocycles. The Labute approximate surface area is 77.1 Å². The normalized spacial score (nSPS) is 11.0. The Bertz CT molecular complexity index is 200. The molecule has 13 heavy (non-hydrogen) atoms. The van der Waals surface area contributed by atoms with Crippen molar-refractivity contribution in [3.63, 3.8) is 0 Å². The number of hydrogen-bond donors (Lipinski definition) is 2. The van der Waals surface area contributed by atoms with E-state index in [1.165, 1.54) is 0 Å². The third-order valence-electron chi connectivity index (χ3n) is 1.40. The van der Waals surface area contributed by atoms with Crippen molar-refractivity contribution in [2.24, 2.45) is 0 Å². The smallest absolute Gasteiger partial charge is 0.394 e. The number of nitrogens with one attached hydrogen (secondary N) is 1. The minimum Gasteiger partial charge on any atom is -0.474 e. The summed E-state index contributed by atoms with van der Waals surface area (Å²) in [5.74, 6) is -2.49. The van der Waals surface area contributed by atoms with Crippen LogP contribution in [0, 0.1) is 0 Å². The van der Waals surface area contributed by atoms with Gasteiger partial charge in [-0.05, 0) is 20.8 Å². The van der Waals surface area contributed by atoms with Gasteiger partial charge in [-0.15, -0.1) is 0 Å². The molecule has 5 heteroatoms. The highest BCUT2D eigenvalue weighted by atomic mass is 16.5. The first kappa shape index (κ1) is 11.9. The minimum atomic E-state index is -1.48. The fourth-order valence-electron chi connectivity index (χ4n) is 0.811. The van der Waals surface area contributed by atoms with Gasteiger partial charge in [0.2, 0.25) is 0 Å². The van der Waals surface area contributed by atoms with Crippen molar-refractivity contribution in [1.29, 1.82) is 0 Å². The fourth-order valence-corrected chi connectivity index (χ4v) is 0.811. The Hall–Kier alpha value is -1.10. The van der Waals surface area contributed by atoms with E-state index in [4.69, 9.17) is 9.84 Å². The van der Waals surface area contributed by atoms with Crippen molar-refractivity contribution in [2.45, 2.75) is 26.4 Å². The molecule has 0 aliphatic heterocycles. The number of carbonyl (C=O) groups excluding carboxylic acids is 1. The maximum Gasteiger partial charge on any atom is 0.394 e. The molecule has 0 aromatic rings. The maximum absolute atomic E-state index is 10.6. The topological polar surface area (TPSA) is 75.6 Å². The summed E-state index contributed by atoms with van der Waals surface area (Å²) in [7, 11) is 0. The average molecular weight is 189 g/mol. The predicted molar refractivity (Wildman–Crippen MR) is 46.4 cm³/mol. The Kier molecular flexibility index (Phi) is 4.40. The Morgan fingerprint density at radius 3 is 2.38 bits per heavy atom. The number of carbonyl (C=O) groups is 2. The van der Waals surface area contributed by atoms with Crippen LogP contribution in [0.4, 0.5) is 0 Å². The van der Waals surface area contributed by atoms with Crippen LogP contribution in [0.3, 0.4) is 0 Å². The molecule has 0 fully saturated rings. The molecule has 1 amide bonds. The standard InChI is InChI=1S/C8H15NO4/c1-4-13-8(2,3)5-9-6(10)7(11)12/h4-5H2,1-3H3,(H,9,10)(H,11,12). The van der Waals surface area contributed by atoms with Crippen molar-refractivity contribution >= 4 is 11.9 Å². The van der Waals surface area contributed by atoms with E-state index in [2.05, 4.69) is 5.32 Å². The van der Waals surface area contributed by atoms with Gasteiger partial charge in [0, 0.05) is 13.2 Å². The van der Waals surface area contributed by atoms with Crippen molar-refractivity contribution in [3.05, 3.63) is 0 Å². The van der Waals surface area contributed by atoms with Crippen LogP contribution >= 0.6 is 0 Å². The van der Waals surface area contributed by atoms with E-state index in [-0.39, 0.29) is 6.54 Å². The van der Waals surface area contributed by atoms with Gasteiger partial charge in [0.25, 0.3) is 0 Å². The molecule has 0 aromatic carbocycles. The lowest BCUT2D eigenvalue weighted by Crippen LogP contribution is -2.42. The molecular formula is C8H15NO4. The summed E-state index contributed by atoms with van der Waals surface area (Å²) in [6, 6.07) is 0. The van der Waals surface area contributed by atoms with Crippen LogP contribution in [0.5, 0.6) is 0 Å². The van der Waals surface area contributed by atoms with E-state index in [9.17, 15) is 9.59 Å². The zero-order valence-corrected chi connectivity index (χ0v) is 8.09. The first-order valence-electron chi connectivity index (χ1n) is 4.04. The van der Waals surface area contributed by atoms with E-state index in [1.54, 1.807) is 13.8 Å². The van der Waals surface area contributed by atoms with Crippen LogP contribution in [0.15, 0.2) is 0 Å². The van der Waals surface area contributed by atoms with E-state index in [1.807, 2.05) is 6.92 Å². The molecule has 0 rings (SSSR count). The summed E-state index contributed by atoms with van der Waals surface area (Å²) < 4.78 is 5.25. The molecule has 0 bridgehead atoms. The molecule has 0 aliphatic carbocycles. The lowest BCUT2D eigenvalue weighted by atomic mass is 10.1. The fraction of sp³-hybridized carbons (Fsp3) is 0.750. The molecule has 5 nitrogen and oxygen atoms in total. The van der Waals surface area contributed by atoms with Gasteiger partial charge in [-0.1, -0.05) is 0 Å². The minimum absolute atomic E-state index is 0.186. The third kappa shape index (κ3) is 5.19. The molecule has 0 unspecified atom stereocenters. The van der Waals surface area contributed by atoms with Gasteiger partial charge in [0.15, 0.2) is 0 Å². The van der Waals surface area contributed by atoms with E-state index in [0.717, 1.165) is 0 Å². The van der Waals surface area contributed by atoms with Crippen LogP contribution in [0.25, 0.3) is 0 Å². The lowest BCUT2D eigenvalue weighted by Gasteiger charge is -2.24. The molecular weight excluding hydrogens is 174 g/mol. The Morgan fingerprint density at radius 1 is 1.46 bits per heavy atom. The van der Waals surface area contributed by atoms with E-state index in [0.29, 0.717) is 6.61 Å².